The zero-order valence-electron chi connectivity index (χ0n) is 26.5. The average Bonchev–Trinajstić information content (AvgIpc) is 3.53. The van der Waals surface area contributed by atoms with Crippen LogP contribution in [0.3, 0.4) is 0 Å². The monoisotopic (exact) mass is 618 g/mol. The molecule has 3 fully saturated rings. The van der Waals surface area contributed by atoms with Gasteiger partial charge >= 0.3 is 12.1 Å². The van der Waals surface area contributed by atoms with Gasteiger partial charge in [-0.3, -0.25) is 9.69 Å². The van der Waals surface area contributed by atoms with Crippen LogP contribution in [-0.2, 0) is 27.1 Å². The van der Waals surface area contributed by atoms with E-state index in [4.69, 9.17) is 15.2 Å². The third kappa shape index (κ3) is 7.04. The van der Waals surface area contributed by atoms with Crippen LogP contribution in [0, 0.1) is 13.8 Å². The third-order valence-electron chi connectivity index (χ3n) is 9.95. The van der Waals surface area contributed by atoms with Crippen molar-refractivity contribution in [3.05, 3.63) is 58.7 Å². The number of fused-ring (bicyclic) bond motifs is 1. The molecule has 0 saturated carbocycles. The Balaban J connectivity index is 1.09. The number of nitrogen functional groups attached to an aromatic ring is 1. The van der Waals surface area contributed by atoms with Crippen LogP contribution in [0.25, 0.3) is 0 Å². The summed E-state index contributed by atoms with van der Waals surface area (Å²) < 4.78 is 11.6. The van der Waals surface area contributed by atoms with Gasteiger partial charge in [-0.05, 0) is 67.9 Å². The lowest BCUT2D eigenvalue weighted by molar-refractivity contribution is -0.143. The molecule has 1 unspecified atom stereocenters. The molecule has 0 aromatic heterocycles. The van der Waals surface area contributed by atoms with Crippen LogP contribution in [0.1, 0.15) is 41.5 Å². The molecule has 3 N–H and O–H groups in total. The SMILES string of the molecule is Cc1cc(C[C@@H](OC(=O)N2CCC(N3CCc4ccccc4NC3=O)CC2)C(=O)N2CCN(C3CCOC3)CC2)cc(C)c1N. The number of likely N-dealkylation sites (tertiary alicyclic amines) is 1. The fraction of sp³-hybridized carbons (Fsp3) is 0.559. The molecule has 2 aromatic rings. The summed E-state index contributed by atoms with van der Waals surface area (Å²) in [5.41, 5.74) is 11.7. The summed E-state index contributed by atoms with van der Waals surface area (Å²) in [6.45, 7) is 9.75. The van der Waals surface area contributed by atoms with Crippen molar-refractivity contribution in [3.8, 4) is 0 Å². The number of nitrogens with zero attached hydrogens (tertiary/aromatic N) is 4. The minimum absolute atomic E-state index is 0.0306. The number of aryl methyl sites for hydroxylation is 2. The number of rotatable bonds is 6. The van der Waals surface area contributed by atoms with Crippen molar-refractivity contribution in [2.24, 2.45) is 0 Å². The molecule has 0 spiro atoms. The maximum absolute atomic E-state index is 13.9. The number of piperazine rings is 1. The van der Waals surface area contributed by atoms with Gasteiger partial charge in [0.05, 0.1) is 6.61 Å². The van der Waals surface area contributed by atoms with Crippen molar-refractivity contribution >= 4 is 29.4 Å². The first-order valence-corrected chi connectivity index (χ1v) is 16.3. The first-order chi connectivity index (χ1) is 21.8. The molecule has 3 saturated heterocycles. The molecule has 0 bridgehead atoms. The maximum atomic E-state index is 13.9. The molecule has 2 atom stereocenters. The first kappa shape index (κ1) is 31.2. The van der Waals surface area contributed by atoms with Crippen LogP contribution < -0.4 is 11.1 Å². The van der Waals surface area contributed by atoms with E-state index in [0.717, 1.165) is 72.8 Å². The number of amides is 4. The van der Waals surface area contributed by atoms with Crippen LogP contribution in [0.15, 0.2) is 36.4 Å². The van der Waals surface area contributed by atoms with E-state index in [-0.39, 0.29) is 24.4 Å². The lowest BCUT2D eigenvalue weighted by Crippen LogP contribution is -2.55. The number of nitrogens with two attached hydrogens (primary N) is 1. The summed E-state index contributed by atoms with van der Waals surface area (Å²) in [5, 5.41) is 3.05. The number of hydrogen-bond acceptors (Lipinski definition) is 7. The summed E-state index contributed by atoms with van der Waals surface area (Å²) in [5.74, 6) is -0.159. The quantitative estimate of drug-likeness (QED) is 0.476. The van der Waals surface area contributed by atoms with E-state index in [1.807, 2.05) is 60.0 Å². The molecular formula is C34H46N6O5. The number of nitrogens with one attached hydrogen (secondary N) is 1. The van der Waals surface area contributed by atoms with E-state index in [0.29, 0.717) is 51.6 Å². The van der Waals surface area contributed by atoms with E-state index in [1.54, 1.807) is 4.90 Å². The maximum Gasteiger partial charge on any atom is 0.410 e. The second-order valence-corrected chi connectivity index (χ2v) is 12.8. The zero-order valence-corrected chi connectivity index (χ0v) is 26.5. The molecule has 242 valence electrons. The van der Waals surface area contributed by atoms with E-state index < -0.39 is 12.2 Å². The number of urea groups is 1. The smallest absolute Gasteiger partial charge is 0.410 e. The van der Waals surface area contributed by atoms with Crippen LogP contribution in [0.4, 0.5) is 21.0 Å². The molecule has 2 aromatic carbocycles. The Labute approximate surface area is 265 Å². The third-order valence-corrected chi connectivity index (χ3v) is 9.95. The Bertz CT molecular complexity index is 1370. The standard InChI is InChI=1S/C34H46N6O5/c1-23-19-25(20-24(2)31(23)35)21-30(32(41)38-16-14-37(15-17-38)28-10-18-44-22-28)45-34(43)39-11-8-27(9-12-39)40-13-7-26-5-3-4-6-29(26)36-33(40)42/h3-6,19-20,27-28,30H,7-18,21-22,35H2,1-2H3,(H,36,42)/t28?,30-/m1/s1. The highest BCUT2D eigenvalue weighted by atomic mass is 16.6. The Morgan fingerprint density at radius 3 is 2.36 bits per heavy atom. The van der Waals surface area contributed by atoms with Gasteiger partial charge in [-0.2, -0.15) is 0 Å². The molecule has 0 radical (unpaired) electrons. The second-order valence-electron chi connectivity index (χ2n) is 12.8. The molecule has 11 heteroatoms. The van der Waals surface area contributed by atoms with Crippen LogP contribution in [-0.4, -0.2) is 115 Å². The van der Waals surface area contributed by atoms with Gasteiger partial charge in [-0.15, -0.1) is 0 Å². The predicted octanol–water partition coefficient (Wildman–Crippen LogP) is 3.42. The minimum Gasteiger partial charge on any atom is -0.436 e. The van der Waals surface area contributed by atoms with Crippen molar-refractivity contribution < 1.29 is 23.9 Å². The Kier molecular flexibility index (Phi) is 9.46. The van der Waals surface area contributed by atoms with Crippen molar-refractivity contribution in [1.82, 2.24) is 19.6 Å². The van der Waals surface area contributed by atoms with E-state index in [2.05, 4.69) is 10.2 Å². The molecule has 45 heavy (non-hydrogen) atoms. The molecule has 4 heterocycles. The molecule has 4 aliphatic rings. The molecular weight excluding hydrogens is 572 g/mol. The van der Waals surface area contributed by atoms with Gasteiger partial charge < -0.3 is 35.2 Å². The van der Waals surface area contributed by atoms with Gasteiger partial charge in [0.15, 0.2) is 6.10 Å². The Morgan fingerprint density at radius 2 is 1.67 bits per heavy atom. The van der Waals surface area contributed by atoms with E-state index in [9.17, 15) is 14.4 Å². The lowest BCUT2D eigenvalue weighted by atomic mass is 9.99. The summed E-state index contributed by atoms with van der Waals surface area (Å²) >= 11 is 0. The van der Waals surface area contributed by atoms with Crippen LogP contribution in [0.5, 0.6) is 0 Å². The Hall–Kier alpha value is -3.83. The fourth-order valence-corrected chi connectivity index (χ4v) is 7.19. The molecule has 6 rings (SSSR count). The number of anilines is 2. The van der Waals surface area contributed by atoms with Gasteiger partial charge in [0.1, 0.15) is 0 Å². The first-order valence-electron chi connectivity index (χ1n) is 16.3. The number of piperidine rings is 1. The number of benzene rings is 2. The fourth-order valence-electron chi connectivity index (χ4n) is 7.19. The van der Waals surface area contributed by atoms with Gasteiger partial charge in [0.2, 0.25) is 0 Å². The van der Waals surface area contributed by atoms with Crippen LogP contribution >= 0.6 is 0 Å². The van der Waals surface area contributed by atoms with Crippen molar-refractivity contribution in [3.63, 3.8) is 0 Å². The predicted molar refractivity (Wildman–Crippen MR) is 172 cm³/mol. The van der Waals surface area contributed by atoms with Crippen molar-refractivity contribution in [1.29, 1.82) is 0 Å². The molecule has 11 nitrogen and oxygen atoms in total. The van der Waals surface area contributed by atoms with Crippen molar-refractivity contribution in [2.45, 2.75) is 64.1 Å². The largest absolute Gasteiger partial charge is 0.436 e. The highest BCUT2D eigenvalue weighted by molar-refractivity contribution is 5.91. The van der Waals surface area contributed by atoms with Gasteiger partial charge in [-0.25, -0.2) is 9.59 Å². The summed E-state index contributed by atoms with van der Waals surface area (Å²) in [6, 6.07) is 12.2. The molecule has 0 aliphatic carbocycles. The number of carbonyl (C=O) groups is 3. The Morgan fingerprint density at radius 1 is 0.956 bits per heavy atom. The van der Waals surface area contributed by atoms with Gasteiger partial charge in [-0.1, -0.05) is 30.3 Å². The van der Waals surface area contributed by atoms with Crippen molar-refractivity contribution in [2.75, 3.05) is 70.1 Å². The summed E-state index contributed by atoms with van der Waals surface area (Å²) in [4.78, 5) is 48.3. The highest BCUT2D eigenvalue weighted by Gasteiger charge is 2.36. The van der Waals surface area contributed by atoms with E-state index in [1.165, 1.54) is 0 Å². The number of hydrogen-bond donors (Lipinski definition) is 2. The molecule has 4 aliphatic heterocycles. The number of para-hydroxylation sites is 1. The average molecular weight is 619 g/mol. The number of carbonyl (C=O) groups excluding carboxylic acids is 3. The summed E-state index contributed by atoms with van der Waals surface area (Å²) in [7, 11) is 0. The van der Waals surface area contributed by atoms with Crippen LogP contribution in [0.2, 0.25) is 0 Å². The molecule has 4 amide bonds. The normalized spacial score (nSPS) is 22.0. The second kappa shape index (κ2) is 13.7. The highest BCUT2D eigenvalue weighted by Crippen LogP contribution is 2.26. The topological polar surface area (TPSA) is 121 Å². The minimum atomic E-state index is -0.936. The zero-order chi connectivity index (χ0) is 31.5. The number of ether oxygens (including phenoxy) is 2. The lowest BCUT2D eigenvalue weighted by Gasteiger charge is -2.39. The van der Waals surface area contributed by atoms with E-state index >= 15 is 0 Å². The summed E-state index contributed by atoms with van der Waals surface area (Å²) in [6.07, 6.45) is 1.99. The van der Waals surface area contributed by atoms with Gasteiger partial charge in [0, 0.05) is 82.3 Å². The van der Waals surface area contributed by atoms with Gasteiger partial charge in [0.25, 0.3) is 5.91 Å².